The van der Waals surface area contributed by atoms with Gasteiger partial charge in [0, 0.05) is 5.56 Å². The number of benzene rings is 1. The van der Waals surface area contributed by atoms with E-state index in [0.717, 1.165) is 0 Å². The summed E-state index contributed by atoms with van der Waals surface area (Å²) in [7, 11) is 0. The van der Waals surface area contributed by atoms with Crippen molar-refractivity contribution in [1.82, 2.24) is 0 Å². The largest absolute Gasteiger partial charge is 0.242 e. The van der Waals surface area contributed by atoms with Crippen molar-refractivity contribution in [2.45, 2.75) is 39.3 Å². The van der Waals surface area contributed by atoms with E-state index < -0.39 is 12.0 Å². The minimum Gasteiger partial charge on any atom is -0.242 e. The van der Waals surface area contributed by atoms with Gasteiger partial charge in [-0.3, -0.25) is 0 Å². The first-order valence-corrected chi connectivity index (χ1v) is 4.77. The third-order valence-electron chi connectivity index (χ3n) is 2.27. The topological polar surface area (TPSA) is 0 Å². The van der Waals surface area contributed by atoms with Crippen molar-refractivity contribution < 1.29 is 8.78 Å². The first kappa shape index (κ1) is 11.2. The van der Waals surface area contributed by atoms with Crippen LogP contribution in [0.5, 0.6) is 0 Å². The van der Waals surface area contributed by atoms with Gasteiger partial charge in [0.1, 0.15) is 12.0 Å². The molecule has 1 unspecified atom stereocenters. The molecule has 1 rings (SSSR count). The van der Waals surface area contributed by atoms with Crippen molar-refractivity contribution in [3.63, 3.8) is 0 Å². The summed E-state index contributed by atoms with van der Waals surface area (Å²) in [6, 6.07) is 4.91. The van der Waals surface area contributed by atoms with Gasteiger partial charge in [-0.1, -0.05) is 39.0 Å². The van der Waals surface area contributed by atoms with E-state index in [1.54, 1.807) is 12.1 Å². The number of alkyl halides is 1. The predicted octanol–water partition coefficient (Wildman–Crippen LogP) is 4.15. The molecule has 0 N–H and O–H groups in total. The molecule has 0 saturated carbocycles. The lowest BCUT2D eigenvalue weighted by atomic mass is 9.85. The van der Waals surface area contributed by atoms with Gasteiger partial charge in [-0.2, -0.15) is 0 Å². The van der Waals surface area contributed by atoms with E-state index in [4.69, 9.17) is 0 Å². The molecular weight excluding hydrogens is 182 g/mol. The fraction of sp³-hybridized carbons (Fsp3) is 0.500. The van der Waals surface area contributed by atoms with E-state index in [9.17, 15) is 8.78 Å². The lowest BCUT2D eigenvalue weighted by molar-refractivity contribution is 0.358. The molecule has 0 aromatic heterocycles. The maximum atomic E-state index is 13.8. The van der Waals surface area contributed by atoms with Gasteiger partial charge in [0.25, 0.3) is 0 Å². The van der Waals surface area contributed by atoms with Crippen molar-refractivity contribution in [3.8, 4) is 0 Å². The average molecular weight is 198 g/mol. The molecule has 0 heterocycles. The lowest BCUT2D eigenvalue weighted by Crippen LogP contribution is -2.14. The van der Waals surface area contributed by atoms with Crippen LogP contribution >= 0.6 is 0 Å². The highest BCUT2D eigenvalue weighted by atomic mass is 19.1. The summed E-state index contributed by atoms with van der Waals surface area (Å²) in [5.41, 5.74) is 0.437. The molecule has 2 heteroatoms. The molecule has 0 radical (unpaired) electrons. The Kier molecular flexibility index (Phi) is 2.93. The molecule has 1 aromatic carbocycles. The molecule has 0 fully saturated rings. The summed E-state index contributed by atoms with van der Waals surface area (Å²) < 4.78 is 26.8. The number of hydrogen-bond acceptors (Lipinski definition) is 0. The number of hydrogen-bond donors (Lipinski definition) is 0. The van der Waals surface area contributed by atoms with Crippen LogP contribution in [0.3, 0.4) is 0 Å². The molecule has 14 heavy (non-hydrogen) atoms. The highest BCUT2D eigenvalue weighted by Gasteiger charge is 2.21. The Morgan fingerprint density at radius 1 is 1.21 bits per heavy atom. The fourth-order valence-corrected chi connectivity index (χ4v) is 1.44. The van der Waals surface area contributed by atoms with Gasteiger partial charge in [0.2, 0.25) is 0 Å². The molecule has 0 spiro atoms. The van der Waals surface area contributed by atoms with Crippen molar-refractivity contribution in [3.05, 3.63) is 35.1 Å². The average Bonchev–Trinajstić information content (AvgIpc) is 2.01. The van der Waals surface area contributed by atoms with Gasteiger partial charge >= 0.3 is 0 Å². The van der Waals surface area contributed by atoms with Crippen LogP contribution < -0.4 is 0 Å². The summed E-state index contributed by atoms with van der Waals surface area (Å²) in [6.07, 6.45) is -1.25. The maximum absolute atomic E-state index is 13.8. The van der Waals surface area contributed by atoms with E-state index in [2.05, 4.69) is 0 Å². The zero-order valence-corrected chi connectivity index (χ0v) is 9.07. The van der Waals surface area contributed by atoms with Crippen LogP contribution in [0.4, 0.5) is 8.78 Å². The summed E-state index contributed by atoms with van der Waals surface area (Å²) in [5, 5.41) is 0. The molecule has 0 aliphatic rings. The maximum Gasteiger partial charge on any atom is 0.133 e. The zero-order chi connectivity index (χ0) is 10.9. The minimum absolute atomic E-state index is 0.150. The summed E-state index contributed by atoms with van der Waals surface area (Å²) in [4.78, 5) is 0. The molecular formula is C12H16F2. The van der Waals surface area contributed by atoms with Gasteiger partial charge in [-0.05, 0) is 17.9 Å². The molecule has 0 amide bonds. The molecule has 0 aliphatic carbocycles. The summed E-state index contributed by atoms with van der Waals surface area (Å²) >= 11 is 0. The standard InChI is InChI=1S/C12H16F2/c1-8(13)9-6-5-7-10(11(9)14)12(2,3)4/h5-8H,1-4H3. The highest BCUT2D eigenvalue weighted by molar-refractivity contribution is 5.31. The Hall–Kier alpha value is -0.920. The smallest absolute Gasteiger partial charge is 0.133 e. The van der Waals surface area contributed by atoms with Crippen LogP contribution in [0, 0.1) is 5.82 Å². The molecule has 1 aromatic rings. The normalized spacial score (nSPS) is 14.1. The quantitative estimate of drug-likeness (QED) is 0.635. The van der Waals surface area contributed by atoms with Gasteiger partial charge in [0.15, 0.2) is 0 Å². The van der Waals surface area contributed by atoms with Crippen LogP contribution in [0.2, 0.25) is 0 Å². The minimum atomic E-state index is -1.25. The highest BCUT2D eigenvalue weighted by Crippen LogP contribution is 2.30. The van der Waals surface area contributed by atoms with Crippen LogP contribution in [-0.4, -0.2) is 0 Å². The van der Waals surface area contributed by atoms with Crippen LogP contribution in [-0.2, 0) is 5.41 Å². The predicted molar refractivity (Wildman–Crippen MR) is 54.6 cm³/mol. The van der Waals surface area contributed by atoms with Crippen LogP contribution in [0.1, 0.15) is 45.0 Å². The molecule has 0 nitrogen and oxygen atoms in total. The second kappa shape index (κ2) is 3.68. The first-order valence-electron chi connectivity index (χ1n) is 4.77. The van der Waals surface area contributed by atoms with E-state index in [1.165, 1.54) is 13.0 Å². The SMILES string of the molecule is CC(F)c1cccc(C(C)(C)C)c1F. The summed E-state index contributed by atoms with van der Waals surface area (Å²) in [5.74, 6) is -0.407. The van der Waals surface area contributed by atoms with Crippen LogP contribution in [0.15, 0.2) is 18.2 Å². The second-order valence-electron chi connectivity index (χ2n) is 4.57. The second-order valence-corrected chi connectivity index (χ2v) is 4.57. The molecule has 0 aliphatic heterocycles. The Morgan fingerprint density at radius 2 is 1.79 bits per heavy atom. The monoisotopic (exact) mass is 198 g/mol. The van der Waals surface area contributed by atoms with Crippen LogP contribution in [0.25, 0.3) is 0 Å². The zero-order valence-electron chi connectivity index (χ0n) is 9.07. The summed E-state index contributed by atoms with van der Waals surface area (Å²) in [6.45, 7) is 7.10. The number of halogens is 2. The fourth-order valence-electron chi connectivity index (χ4n) is 1.44. The van der Waals surface area contributed by atoms with Gasteiger partial charge in [-0.15, -0.1) is 0 Å². The molecule has 78 valence electrons. The van der Waals surface area contributed by atoms with Crippen molar-refractivity contribution >= 4 is 0 Å². The van der Waals surface area contributed by atoms with Crippen molar-refractivity contribution in [1.29, 1.82) is 0 Å². The third-order valence-corrected chi connectivity index (χ3v) is 2.27. The molecule has 1 atom stereocenters. The molecule has 0 saturated heterocycles. The van der Waals surface area contributed by atoms with Crippen molar-refractivity contribution in [2.24, 2.45) is 0 Å². The third kappa shape index (κ3) is 2.11. The molecule has 0 bridgehead atoms. The van der Waals surface area contributed by atoms with Crippen molar-refractivity contribution in [2.75, 3.05) is 0 Å². The van der Waals surface area contributed by atoms with Gasteiger partial charge in [-0.25, -0.2) is 8.78 Å². The lowest BCUT2D eigenvalue weighted by Gasteiger charge is -2.21. The van der Waals surface area contributed by atoms with E-state index in [-0.39, 0.29) is 11.0 Å². The Bertz CT molecular complexity index is 322. The van der Waals surface area contributed by atoms with Gasteiger partial charge < -0.3 is 0 Å². The van der Waals surface area contributed by atoms with E-state index in [0.29, 0.717) is 5.56 Å². The Labute approximate surface area is 84.0 Å². The first-order chi connectivity index (χ1) is 6.34. The van der Waals surface area contributed by atoms with Gasteiger partial charge in [0.05, 0.1) is 0 Å². The van der Waals surface area contributed by atoms with E-state index in [1.807, 2.05) is 20.8 Å². The Balaban J connectivity index is 3.28. The Morgan fingerprint density at radius 3 is 2.21 bits per heavy atom. The van der Waals surface area contributed by atoms with E-state index >= 15 is 0 Å². The number of rotatable bonds is 1.